The number of likely N-dealkylation sites (tertiary alicyclic amines) is 4. The second kappa shape index (κ2) is 47.9. The minimum Gasteiger partial charge on any atom is -0.496 e. The summed E-state index contributed by atoms with van der Waals surface area (Å²) >= 11 is 18.8. The van der Waals surface area contributed by atoms with Crippen LogP contribution < -0.4 is 58.3 Å². The largest absolute Gasteiger partial charge is 0.496 e. The van der Waals surface area contributed by atoms with Crippen molar-refractivity contribution in [1.82, 2.24) is 106 Å². The first-order valence-electron chi connectivity index (χ1n) is 46.8. The van der Waals surface area contributed by atoms with Crippen LogP contribution in [0.5, 0.6) is 5.75 Å². The second-order valence-electron chi connectivity index (χ2n) is 36.2. The fourth-order valence-electron chi connectivity index (χ4n) is 17.8. The van der Waals surface area contributed by atoms with Gasteiger partial charge in [-0.05, 0) is 290 Å². The van der Waals surface area contributed by atoms with Crippen molar-refractivity contribution in [1.29, 1.82) is 0 Å². The van der Waals surface area contributed by atoms with Gasteiger partial charge in [0.1, 0.15) is 38.0 Å². The minimum atomic E-state index is -4.71. The first-order valence-corrected chi connectivity index (χ1v) is 47.9. The van der Waals surface area contributed by atoms with Gasteiger partial charge in [0.2, 0.25) is 35.6 Å². The number of ether oxygens (including phenoxy) is 2. The maximum absolute atomic E-state index is 15.1. The summed E-state index contributed by atoms with van der Waals surface area (Å²) in [5, 5.41) is 65.4. The number of halogens is 10. The Morgan fingerprint density at radius 2 is 0.789 bits per heavy atom. The Morgan fingerprint density at radius 1 is 0.451 bits per heavy atom. The smallest absolute Gasteiger partial charge is 0.421 e. The highest BCUT2D eigenvalue weighted by molar-refractivity contribution is 6.33. The van der Waals surface area contributed by atoms with E-state index in [9.17, 15) is 41.0 Å². The van der Waals surface area contributed by atoms with E-state index in [2.05, 4.69) is 190 Å². The van der Waals surface area contributed by atoms with Crippen molar-refractivity contribution >= 4 is 140 Å². The molecule has 4 fully saturated rings. The van der Waals surface area contributed by atoms with Crippen molar-refractivity contribution < 1.29 is 54.9 Å². The van der Waals surface area contributed by atoms with Crippen molar-refractivity contribution in [3.63, 3.8) is 0 Å². The number of piperidine rings is 4. The molecule has 4 aromatic carbocycles. The van der Waals surface area contributed by atoms with Crippen molar-refractivity contribution in [3.05, 3.63) is 202 Å². The monoisotopic (exact) mass is 2020 g/mol. The van der Waals surface area contributed by atoms with Crippen LogP contribution in [0.1, 0.15) is 173 Å². The zero-order chi connectivity index (χ0) is 102. The average molecular weight is 2030 g/mol. The van der Waals surface area contributed by atoms with Gasteiger partial charge in [-0.3, -0.25) is 39.8 Å². The van der Waals surface area contributed by atoms with Crippen LogP contribution in [-0.4, -0.2) is 235 Å². The number of hydrogen-bond acceptors (Lipinski definition) is 29. The molecule has 45 heteroatoms. The summed E-state index contributed by atoms with van der Waals surface area (Å²) in [6, 6.07) is 22.5. The van der Waals surface area contributed by atoms with Crippen molar-refractivity contribution in [3.8, 4) is 5.75 Å². The fourth-order valence-corrected chi connectivity index (χ4v) is 18.2. The van der Waals surface area contributed by atoms with Crippen molar-refractivity contribution in [2.45, 2.75) is 189 Å². The molecule has 3 atom stereocenters. The van der Waals surface area contributed by atoms with Gasteiger partial charge in [0.25, 0.3) is 0 Å². The third-order valence-electron chi connectivity index (χ3n) is 25.8. The average Bonchev–Trinajstić information content (AvgIpc) is 1.08. The van der Waals surface area contributed by atoms with Crippen molar-refractivity contribution in [2.24, 2.45) is 5.73 Å². The lowest BCUT2D eigenvalue weighted by Crippen LogP contribution is -2.47. The molecule has 4 aliphatic heterocycles. The summed E-state index contributed by atoms with van der Waals surface area (Å²) < 4.78 is 105. The number of rotatable bonds is 30. The topological polar surface area (TPSA) is 438 Å². The number of aromatic amines is 4. The zero-order valence-corrected chi connectivity index (χ0v) is 84.1. The number of carbonyl (C=O) groups is 2. The van der Waals surface area contributed by atoms with Crippen LogP contribution in [0.3, 0.4) is 0 Å². The number of alkyl halides is 6. The van der Waals surface area contributed by atoms with Crippen LogP contribution in [0.25, 0.3) is 0 Å². The molecule has 0 saturated carbocycles. The highest BCUT2D eigenvalue weighted by atomic mass is 35.5. The molecule has 0 radical (unpaired) electrons. The maximum Gasteiger partial charge on any atom is 0.421 e. The predicted molar refractivity (Wildman–Crippen MR) is 538 cm³/mol. The number of aryl methyl sites for hydroxylation is 10. The number of nitrogens with one attached hydrogen (secondary N) is 13. The standard InChI is InChI=1S/C25H33ClN8O.C24H29ClF3N7O2.C24H32ClN7O.C24H28F4N8O/c1-14-11-21(29-25-28-13-20(26)23(31-25)30-22-12-16(3)32-33-22)15(2)10-19(14)18-6-8-34(9-7-18)17(4)24(35)27-5;1-13-8-16(15-4-6-35(7-5-15)12-20(36)24(26,27)28)19(37-3)10-18(13)30-23-29-11-17(25)22(32-23)31-21-9-14(2)33-34-21;1-15-12-21(16(2)11-19(15)18-5-7-32(8-6-18)9-10-33-4)27-24-26-14-20(25)23(29-24)28-22-13-17(3)30-31-22;1-12-8-19(18(25)10-16(12)15-4-6-36(7-5-15)14(3)21(29)37)31-23-30-11-17(24(26,27)28)22(33-23)32-20-9-13(2)34-35-20/h10-13,17-18H,6-9H2,1-5H3,(H,27,35)(H3,28,29,30,31,32,33);8-11,15,20,36H,4-7,12H2,1-3H3,(H3,29,30,31,32,33,34);11-14,18H,5-10H2,1-4H3,(H3,26,27,28,29,30,31);8-11,14-15H,4-7H2,1-3H3,(H2,29,37)(H3,30,31,32,33,34,35)/t;20-;;/m.0../s1. The molecule has 4 saturated heterocycles. The molecular weight excluding hydrogens is 1900 g/mol. The van der Waals surface area contributed by atoms with Gasteiger partial charge in [-0.15, -0.1) is 0 Å². The van der Waals surface area contributed by atoms with Crippen LogP contribution >= 0.6 is 34.8 Å². The number of carbonyl (C=O) groups excluding carboxylic acids is 2. The third-order valence-corrected chi connectivity index (χ3v) is 26.7. The Balaban J connectivity index is 0.000000159. The summed E-state index contributed by atoms with van der Waals surface area (Å²) in [6.07, 6.45) is 0.886. The molecule has 4 aliphatic rings. The van der Waals surface area contributed by atoms with E-state index in [4.69, 9.17) is 50.0 Å². The van der Waals surface area contributed by atoms with Crippen LogP contribution in [0.2, 0.25) is 15.1 Å². The van der Waals surface area contributed by atoms with Gasteiger partial charge in [-0.2, -0.15) is 66.7 Å². The van der Waals surface area contributed by atoms with Crippen LogP contribution in [-0.2, 0) is 20.5 Å². The molecule has 0 aliphatic carbocycles. The molecule has 12 heterocycles. The number of aliphatic hydroxyl groups is 1. The van der Waals surface area contributed by atoms with Crippen LogP contribution in [0.15, 0.2) is 97.6 Å². The third kappa shape index (κ3) is 28.4. The second-order valence-corrected chi connectivity index (χ2v) is 37.5. The highest BCUT2D eigenvalue weighted by Crippen LogP contribution is 2.44. The highest BCUT2D eigenvalue weighted by Gasteiger charge is 2.41. The van der Waals surface area contributed by atoms with Gasteiger partial charge in [0, 0.05) is 104 Å². The number of amides is 2. The first kappa shape index (κ1) is 107. The van der Waals surface area contributed by atoms with Gasteiger partial charge in [-0.1, -0.05) is 53.0 Å². The Labute approximate surface area is 834 Å². The maximum atomic E-state index is 15.1. The lowest BCUT2D eigenvalue weighted by Gasteiger charge is -2.36. The molecule has 8 aromatic heterocycles. The summed E-state index contributed by atoms with van der Waals surface area (Å²) in [7, 11) is 5.04. The van der Waals surface area contributed by atoms with E-state index >= 15 is 4.39 Å². The Kier molecular flexibility index (Phi) is 36.0. The van der Waals surface area contributed by atoms with E-state index < -0.39 is 42.2 Å². The van der Waals surface area contributed by atoms with E-state index in [0.29, 0.717) is 136 Å². The number of anilines is 16. The van der Waals surface area contributed by atoms with Gasteiger partial charge in [0.15, 0.2) is 46.8 Å². The van der Waals surface area contributed by atoms with E-state index in [1.54, 1.807) is 58.5 Å². The quantitative estimate of drug-likeness (QED) is 0.0186. The summed E-state index contributed by atoms with van der Waals surface area (Å²) in [4.78, 5) is 66.1. The molecule has 760 valence electrons. The molecular formula is C97H122Cl3F7N30O5. The van der Waals surface area contributed by atoms with Crippen LogP contribution in [0, 0.1) is 75.1 Å². The molecule has 142 heavy (non-hydrogen) atoms. The number of nitrogens with two attached hydrogens (primary N) is 1. The molecule has 0 bridgehead atoms. The van der Waals surface area contributed by atoms with E-state index in [1.807, 2.05) is 76.8 Å². The normalized spacial score (nSPS) is 15.7. The van der Waals surface area contributed by atoms with E-state index in [-0.39, 0.29) is 53.2 Å². The van der Waals surface area contributed by atoms with Gasteiger partial charge in [-0.25, -0.2) is 24.3 Å². The summed E-state index contributed by atoms with van der Waals surface area (Å²) in [6.45, 7) is 31.3. The first-order chi connectivity index (χ1) is 67.6. The number of aromatic nitrogens is 16. The Morgan fingerprint density at radius 3 is 1.15 bits per heavy atom. The Bertz CT molecular complexity index is 6310. The lowest BCUT2D eigenvalue weighted by molar-refractivity contribution is -0.208. The number of nitrogens with zero attached hydrogens (tertiary/aromatic N) is 16. The molecule has 35 nitrogen and oxygen atoms in total. The van der Waals surface area contributed by atoms with Crippen molar-refractivity contribution in [2.75, 3.05) is 136 Å². The lowest BCUT2D eigenvalue weighted by atomic mass is 9.85. The molecule has 16 N–H and O–H groups in total. The molecule has 16 rings (SSSR count). The van der Waals surface area contributed by atoms with Gasteiger partial charge < -0.3 is 78.0 Å². The minimum absolute atomic E-state index is 0.0439. The molecule has 12 aromatic rings. The summed E-state index contributed by atoms with van der Waals surface area (Å²) in [5.41, 5.74) is 21.7. The SMILES string of the molecule is CNC(=O)C(C)N1CCC(c2cc(C)c(Nc3ncc(Cl)c(Nc4cc(C)[nH]n4)n3)cc2C)CC1.COCCN1CCC(c2cc(C)c(Nc3ncc(Cl)c(Nc4cc(C)[nH]n4)n3)cc2C)CC1.COc1cc(Nc2ncc(Cl)c(Nc3cc(C)[nH]n3)n2)c(C)cc1C1CCN(C[C@H](O)C(F)(F)F)CC1.Cc1cc(Nc2nc(Nc3cc(C)c(C4CCN(C(C)C(N)=O)CC4)cc3F)ncc2C(F)(F)F)n[nH]1. The fraction of sp³-hybridized carbons (Fsp3) is 0.443. The number of hydrogen-bond donors (Lipinski definition) is 15. The Hall–Kier alpha value is -12.7. The number of benzene rings is 4. The zero-order valence-electron chi connectivity index (χ0n) is 81.8. The number of H-pyrrole nitrogens is 4. The van der Waals surface area contributed by atoms with Crippen LogP contribution in [0.4, 0.5) is 124 Å². The summed E-state index contributed by atoms with van der Waals surface area (Å²) in [5.74, 6) is 5.06. The number of primary amides is 1. The number of likely N-dealkylation sites (N-methyl/N-ethyl adjacent to an activating group) is 1. The van der Waals surface area contributed by atoms with Gasteiger partial charge in [0.05, 0.1) is 50.1 Å². The van der Waals surface area contributed by atoms with E-state index in [0.717, 1.165) is 127 Å². The molecule has 2 unspecified atom stereocenters. The van der Waals surface area contributed by atoms with Gasteiger partial charge >= 0.3 is 12.4 Å². The molecule has 2 amide bonds. The van der Waals surface area contributed by atoms with E-state index in [1.165, 1.54) is 59.0 Å². The molecule has 0 spiro atoms. The number of β-amino-alcohol motifs (C(OH)–C–C–N with tert-alkyl or cyclic N) is 1. The predicted octanol–water partition coefficient (Wildman–Crippen LogP) is 19.3. The number of methoxy groups -OCH3 is 2. The number of aliphatic hydroxyl groups excluding tert-OH is 1.